The highest BCUT2D eigenvalue weighted by Crippen LogP contribution is 2.41. The summed E-state index contributed by atoms with van der Waals surface area (Å²) in [4.78, 5) is 0. The van der Waals surface area contributed by atoms with Crippen molar-refractivity contribution < 1.29 is 0 Å². The minimum atomic E-state index is 0.430. The molecule has 0 unspecified atom stereocenters. The summed E-state index contributed by atoms with van der Waals surface area (Å²) in [7, 11) is 0. The number of hydrogen-bond acceptors (Lipinski definition) is 4. The van der Waals surface area contributed by atoms with E-state index in [2.05, 4.69) is 96.2 Å². The van der Waals surface area contributed by atoms with Crippen molar-refractivity contribution in [1.29, 1.82) is 0 Å². The van der Waals surface area contributed by atoms with Gasteiger partial charge in [-0.15, -0.1) is 0 Å². The monoisotopic (exact) mass is 620 g/mol. The van der Waals surface area contributed by atoms with Gasteiger partial charge in [0.05, 0.1) is 22.7 Å². The quantitative estimate of drug-likeness (QED) is 0.257. The fraction of sp³-hybridized carbons (Fsp3) is 0.600. The normalized spacial score (nSPS) is 26.9. The number of hydrogen-bond donors (Lipinski definition) is 4. The van der Waals surface area contributed by atoms with E-state index in [0.717, 1.165) is 43.5 Å². The Morgan fingerprint density at radius 3 is 1.33 bits per heavy atom. The van der Waals surface area contributed by atoms with Gasteiger partial charge in [-0.1, -0.05) is 73.4 Å². The Bertz CT molecular complexity index is 939. The third-order valence-electron chi connectivity index (χ3n) is 7.52. The lowest BCUT2D eigenvalue weighted by Gasteiger charge is -2.39. The fourth-order valence-electron chi connectivity index (χ4n) is 6.68. The first kappa shape index (κ1) is 29.2. The number of anilines is 4. The van der Waals surface area contributed by atoms with Crippen LogP contribution in [-0.2, 0) is 0 Å². The summed E-state index contributed by atoms with van der Waals surface area (Å²) in [6.07, 6.45) is 7.54. The molecule has 4 rings (SSSR count). The van der Waals surface area contributed by atoms with Crippen LogP contribution in [0.1, 0.15) is 80.1 Å². The molecule has 2 aromatic carbocycles. The first-order valence-electron chi connectivity index (χ1n) is 13.3. The summed E-state index contributed by atoms with van der Waals surface area (Å²) in [5.74, 6) is 1.56. The largest absolute Gasteiger partial charge is 0.397 e. The molecular weight excluding hydrogens is 576 g/mol. The predicted octanol–water partition coefficient (Wildman–Crippen LogP) is 9.32. The SMILES string of the molecule is C[C@@H]1C[C@H](Nc2ccc(Br)cc2N)CC(C)(C)C1.C[C@H]1C[C@@H](Nc2ccc(Br)cc2N)CC(C)(C)C1. The van der Waals surface area contributed by atoms with Crippen molar-refractivity contribution in [1.82, 2.24) is 0 Å². The second kappa shape index (κ2) is 12.0. The van der Waals surface area contributed by atoms with E-state index in [0.29, 0.717) is 22.9 Å². The van der Waals surface area contributed by atoms with Gasteiger partial charge in [0, 0.05) is 21.0 Å². The molecule has 2 fully saturated rings. The molecule has 0 amide bonds. The second-order valence-electron chi connectivity index (χ2n) is 13.0. The predicted molar refractivity (Wildman–Crippen MR) is 166 cm³/mol. The molecule has 4 atom stereocenters. The third kappa shape index (κ3) is 8.86. The number of benzene rings is 2. The topological polar surface area (TPSA) is 76.1 Å². The van der Waals surface area contributed by atoms with Gasteiger partial charge in [0.2, 0.25) is 0 Å². The van der Waals surface area contributed by atoms with Crippen molar-refractivity contribution in [2.45, 2.75) is 92.2 Å². The van der Waals surface area contributed by atoms with Crippen LogP contribution in [0.2, 0.25) is 0 Å². The highest BCUT2D eigenvalue weighted by Gasteiger charge is 2.33. The summed E-state index contributed by atoms with van der Waals surface area (Å²) >= 11 is 6.88. The highest BCUT2D eigenvalue weighted by atomic mass is 79.9. The molecule has 200 valence electrons. The molecule has 2 saturated carbocycles. The molecule has 0 saturated heterocycles. The zero-order valence-corrected chi connectivity index (χ0v) is 26.1. The van der Waals surface area contributed by atoms with Gasteiger partial charge in [0.25, 0.3) is 0 Å². The number of nitrogens with one attached hydrogen (secondary N) is 2. The molecule has 0 spiro atoms. The standard InChI is InChI=1S/2C15H23BrN2/c2*1-10-6-12(9-15(2,3)8-10)18-14-5-4-11(16)7-13(14)17/h2*4-5,7,10,12,18H,6,8-9,17H2,1-3H3/t2*10-,12+/m10/s1. The summed E-state index contributed by atoms with van der Waals surface area (Å²) in [5.41, 5.74) is 16.7. The molecule has 0 aromatic heterocycles. The van der Waals surface area contributed by atoms with E-state index in [1.54, 1.807) is 0 Å². The van der Waals surface area contributed by atoms with Gasteiger partial charge >= 0.3 is 0 Å². The van der Waals surface area contributed by atoms with Crippen molar-refractivity contribution in [3.63, 3.8) is 0 Å². The fourth-order valence-corrected chi connectivity index (χ4v) is 7.44. The van der Waals surface area contributed by atoms with E-state index >= 15 is 0 Å². The van der Waals surface area contributed by atoms with E-state index in [-0.39, 0.29) is 0 Å². The van der Waals surface area contributed by atoms with Crippen molar-refractivity contribution >= 4 is 54.6 Å². The Hall–Kier alpha value is -1.40. The summed E-state index contributed by atoms with van der Waals surface area (Å²) in [6.45, 7) is 14.1. The Balaban J connectivity index is 0.000000201. The molecule has 0 radical (unpaired) electrons. The zero-order chi connectivity index (χ0) is 26.7. The van der Waals surface area contributed by atoms with E-state index in [1.807, 2.05) is 24.3 Å². The van der Waals surface area contributed by atoms with Gasteiger partial charge in [0.15, 0.2) is 0 Å². The maximum atomic E-state index is 6.05. The van der Waals surface area contributed by atoms with E-state index in [9.17, 15) is 0 Å². The molecule has 2 aliphatic rings. The van der Waals surface area contributed by atoms with E-state index in [1.165, 1.54) is 38.5 Å². The van der Waals surface area contributed by atoms with Gasteiger partial charge < -0.3 is 22.1 Å². The molecule has 6 N–H and O–H groups in total. The van der Waals surface area contributed by atoms with Gasteiger partial charge in [-0.2, -0.15) is 0 Å². The Kier molecular flexibility index (Phi) is 9.70. The third-order valence-corrected chi connectivity index (χ3v) is 8.51. The minimum absolute atomic E-state index is 0.430. The maximum absolute atomic E-state index is 6.05. The van der Waals surface area contributed by atoms with Crippen LogP contribution >= 0.6 is 31.9 Å². The van der Waals surface area contributed by atoms with Gasteiger partial charge in [0.1, 0.15) is 0 Å². The van der Waals surface area contributed by atoms with Crippen molar-refractivity contribution in [2.24, 2.45) is 22.7 Å². The van der Waals surface area contributed by atoms with Crippen molar-refractivity contribution in [3.05, 3.63) is 45.3 Å². The molecule has 0 heterocycles. The van der Waals surface area contributed by atoms with Crippen molar-refractivity contribution in [3.8, 4) is 0 Å². The molecule has 4 nitrogen and oxygen atoms in total. The van der Waals surface area contributed by atoms with Crippen LogP contribution in [0.25, 0.3) is 0 Å². The first-order valence-corrected chi connectivity index (χ1v) is 14.9. The summed E-state index contributed by atoms with van der Waals surface area (Å²) < 4.78 is 2.06. The highest BCUT2D eigenvalue weighted by molar-refractivity contribution is 9.10. The zero-order valence-electron chi connectivity index (χ0n) is 22.9. The molecule has 6 heteroatoms. The molecule has 0 bridgehead atoms. The van der Waals surface area contributed by atoms with Crippen LogP contribution in [0, 0.1) is 22.7 Å². The van der Waals surface area contributed by atoms with Crippen LogP contribution in [0.3, 0.4) is 0 Å². The molecular formula is C30H46Br2N4. The van der Waals surface area contributed by atoms with Crippen molar-refractivity contribution in [2.75, 3.05) is 22.1 Å². The van der Waals surface area contributed by atoms with Crippen LogP contribution in [-0.4, -0.2) is 12.1 Å². The lowest BCUT2D eigenvalue weighted by molar-refractivity contribution is 0.177. The second-order valence-corrected chi connectivity index (χ2v) is 14.8. The van der Waals surface area contributed by atoms with Crippen LogP contribution < -0.4 is 22.1 Å². The average molecular weight is 623 g/mol. The van der Waals surface area contributed by atoms with Crippen LogP contribution in [0.5, 0.6) is 0 Å². The van der Waals surface area contributed by atoms with Crippen LogP contribution in [0.4, 0.5) is 22.7 Å². The number of nitrogens with two attached hydrogens (primary N) is 2. The number of rotatable bonds is 4. The van der Waals surface area contributed by atoms with Gasteiger partial charge in [-0.3, -0.25) is 0 Å². The van der Waals surface area contributed by atoms with Crippen LogP contribution in [0.15, 0.2) is 45.3 Å². The Labute approximate surface area is 236 Å². The average Bonchev–Trinajstić information content (AvgIpc) is 2.70. The first-order chi connectivity index (χ1) is 16.7. The number of nitrogen functional groups attached to an aromatic ring is 2. The molecule has 2 aliphatic carbocycles. The lowest BCUT2D eigenvalue weighted by atomic mass is 9.70. The molecule has 36 heavy (non-hydrogen) atoms. The minimum Gasteiger partial charge on any atom is -0.397 e. The smallest absolute Gasteiger partial charge is 0.0576 e. The number of halogens is 2. The Morgan fingerprint density at radius 2 is 1.03 bits per heavy atom. The van der Waals surface area contributed by atoms with Gasteiger partial charge in [-0.25, -0.2) is 0 Å². The molecule has 2 aromatic rings. The maximum Gasteiger partial charge on any atom is 0.0576 e. The Morgan fingerprint density at radius 1 is 0.667 bits per heavy atom. The summed E-state index contributed by atoms with van der Waals surface area (Å²) in [5, 5.41) is 7.23. The van der Waals surface area contributed by atoms with E-state index < -0.39 is 0 Å². The summed E-state index contributed by atoms with van der Waals surface area (Å²) in [6, 6.07) is 13.2. The van der Waals surface area contributed by atoms with Gasteiger partial charge in [-0.05, 0) is 97.6 Å². The van der Waals surface area contributed by atoms with E-state index in [4.69, 9.17) is 11.5 Å². The molecule has 0 aliphatic heterocycles. The lowest BCUT2D eigenvalue weighted by Crippen LogP contribution is -2.35.